The predicted octanol–water partition coefficient (Wildman–Crippen LogP) is -1.11. The molecule has 4 heteroatoms. The van der Waals surface area contributed by atoms with Crippen molar-refractivity contribution in [3.05, 3.63) is 23.3 Å². The average Bonchev–Trinajstić information content (AvgIpc) is 2.30. The summed E-state index contributed by atoms with van der Waals surface area (Å²) in [6.07, 6.45) is 16.5. The summed E-state index contributed by atoms with van der Waals surface area (Å²) in [5.41, 5.74) is 2.89. The van der Waals surface area contributed by atoms with Crippen LogP contribution in [0.25, 0.3) is 0 Å². The van der Waals surface area contributed by atoms with Crippen LogP contribution >= 0.6 is 0 Å². The number of rotatable bonds is 9. The van der Waals surface area contributed by atoms with Gasteiger partial charge in [-0.15, -0.1) is 25.7 Å². The van der Waals surface area contributed by atoms with E-state index in [0.717, 1.165) is 12.8 Å². The van der Waals surface area contributed by atoms with Gasteiger partial charge in [0, 0.05) is 0 Å². The molecule has 0 nitrogen and oxygen atoms in total. The first-order valence-electron chi connectivity index (χ1n) is 6.99. The molecule has 0 aromatic carbocycles. The molecule has 20 heavy (non-hydrogen) atoms. The third kappa shape index (κ3) is 18.0. The first kappa shape index (κ1) is 33.5. The van der Waals surface area contributed by atoms with Crippen LogP contribution in [0.4, 0.5) is 0 Å². The summed E-state index contributed by atoms with van der Waals surface area (Å²) in [6, 6.07) is 0. The van der Waals surface area contributed by atoms with E-state index < -0.39 is 0 Å². The maximum atomic E-state index is 3.58. The Kier molecular flexibility index (Phi) is 43.4. The van der Waals surface area contributed by atoms with E-state index in [4.69, 9.17) is 0 Å². The van der Waals surface area contributed by atoms with Crippen molar-refractivity contribution in [2.24, 2.45) is 0 Å². The van der Waals surface area contributed by atoms with Crippen LogP contribution in [0.1, 0.15) is 79.1 Å². The van der Waals surface area contributed by atoms with E-state index in [9.17, 15) is 0 Å². The number of halogens is 2. The molecule has 0 atom stereocenters. The molecule has 0 aliphatic carbocycles. The first-order valence-corrected chi connectivity index (χ1v) is 6.99. The van der Waals surface area contributed by atoms with Gasteiger partial charge in [0.05, 0.1) is 0 Å². The Labute approximate surface area is 180 Å². The van der Waals surface area contributed by atoms with Gasteiger partial charge < -0.3 is 57.3 Å². The van der Waals surface area contributed by atoms with Crippen LogP contribution in [0.2, 0.25) is 0 Å². The van der Waals surface area contributed by atoms with E-state index in [2.05, 4.69) is 39.8 Å². The van der Waals surface area contributed by atoms with Crippen molar-refractivity contribution in [2.75, 3.05) is 0 Å². The minimum atomic E-state index is 0. The zero-order valence-corrected chi connectivity index (χ0v) is 19.8. The quantitative estimate of drug-likeness (QED) is 0.248. The van der Waals surface area contributed by atoms with Gasteiger partial charge >= 0.3 is 46.1 Å². The van der Waals surface area contributed by atoms with Gasteiger partial charge in [0.2, 0.25) is 0 Å². The molecule has 0 aromatic heterocycles. The maximum Gasteiger partial charge on any atom is 2.00 e. The number of hydrogen-bond acceptors (Lipinski definition) is 0. The summed E-state index contributed by atoms with van der Waals surface area (Å²) in [5.74, 6) is 0. The van der Waals surface area contributed by atoms with Gasteiger partial charge in [-0.25, -0.2) is 0 Å². The van der Waals surface area contributed by atoms with Gasteiger partial charge in [-0.05, 0) is 0 Å². The maximum absolute atomic E-state index is 3.58. The molecule has 0 saturated carbocycles. The van der Waals surface area contributed by atoms with Crippen LogP contribution in [-0.4, -0.2) is 46.1 Å². The largest absolute Gasteiger partial charge is 2.00 e. The second-order valence-electron chi connectivity index (χ2n) is 4.31. The Morgan fingerprint density at radius 1 is 0.600 bits per heavy atom. The van der Waals surface area contributed by atoms with Crippen molar-refractivity contribution in [3.8, 4) is 0 Å². The molecule has 0 amide bonds. The molecule has 0 aliphatic heterocycles. The van der Waals surface area contributed by atoms with Crippen molar-refractivity contribution >= 4 is 46.1 Å². The molecular weight excluding hydrogens is 401 g/mol. The molecule has 0 N–H and O–H groups in total. The van der Waals surface area contributed by atoms with E-state index >= 15 is 0 Å². The number of allylic oxidation sites excluding steroid dienone is 4. The fraction of sp³-hybridized carbons (Fsp3) is 0.750. The molecule has 0 saturated heterocycles. The van der Waals surface area contributed by atoms with Gasteiger partial charge in [0.25, 0.3) is 0 Å². The Morgan fingerprint density at radius 3 is 1.10 bits per heavy atom. The Bertz CT molecular complexity index is 203. The third-order valence-electron chi connectivity index (χ3n) is 2.54. The Balaban J connectivity index is -0.000000187. The molecule has 0 fully saturated rings. The summed E-state index contributed by atoms with van der Waals surface area (Å²) >= 11 is 0. The summed E-state index contributed by atoms with van der Waals surface area (Å²) in [4.78, 5) is 0. The molecule has 0 unspecified atom stereocenters. The molecule has 0 rings (SSSR count). The smallest absolute Gasteiger partial charge is 1.00 e. The normalized spacial score (nSPS) is 10.6. The monoisotopic (exact) mass is 426 g/mol. The van der Waals surface area contributed by atoms with Crippen molar-refractivity contribution < 1.29 is 34.0 Å². The van der Waals surface area contributed by atoms with E-state index in [1.807, 2.05) is 0 Å². The fourth-order valence-corrected chi connectivity index (χ4v) is 1.74. The van der Waals surface area contributed by atoms with E-state index in [1.165, 1.54) is 49.7 Å². The van der Waals surface area contributed by atoms with Gasteiger partial charge in [0.1, 0.15) is 0 Å². The minimum absolute atomic E-state index is 0. The molecule has 0 aromatic rings. The van der Waals surface area contributed by atoms with E-state index in [-0.39, 0.29) is 80.1 Å². The number of hydrogen-bond donors (Lipinski definition) is 0. The van der Waals surface area contributed by atoms with Gasteiger partial charge in [-0.1, -0.05) is 53.4 Å². The molecule has 0 radical (unpaired) electrons. The topological polar surface area (TPSA) is 0 Å². The van der Waals surface area contributed by atoms with Crippen LogP contribution in [0, 0.1) is 12.2 Å². The number of unbranched alkanes of at least 4 members (excludes halogenated alkanes) is 2. The fourth-order valence-electron chi connectivity index (χ4n) is 1.74. The molecule has 0 spiro atoms. The van der Waals surface area contributed by atoms with Crippen molar-refractivity contribution in [2.45, 2.75) is 79.1 Å². The predicted molar refractivity (Wildman–Crippen MR) is 84.7 cm³/mol. The van der Waals surface area contributed by atoms with Gasteiger partial charge in [-0.2, -0.15) is 0 Å². The molecule has 110 valence electrons. The Morgan fingerprint density at radius 2 is 0.900 bits per heavy atom. The molecule has 0 bridgehead atoms. The van der Waals surface area contributed by atoms with Gasteiger partial charge in [-0.3, -0.25) is 0 Å². The van der Waals surface area contributed by atoms with Crippen molar-refractivity contribution in [1.82, 2.24) is 0 Å². The van der Waals surface area contributed by atoms with Crippen molar-refractivity contribution in [3.63, 3.8) is 0 Å². The zero-order chi connectivity index (χ0) is 12.2. The first-order chi connectivity index (χ1) is 7.79. The van der Waals surface area contributed by atoms with Crippen LogP contribution in [-0.2, 0) is 0 Å². The van der Waals surface area contributed by atoms with Crippen molar-refractivity contribution in [1.29, 1.82) is 0 Å². The zero-order valence-electron chi connectivity index (χ0n) is 13.8. The van der Waals surface area contributed by atoms with Crippen LogP contribution in [0.5, 0.6) is 0 Å². The van der Waals surface area contributed by atoms with Crippen LogP contribution in [0.15, 0.2) is 11.1 Å². The molecule has 0 aliphatic rings. The summed E-state index contributed by atoms with van der Waals surface area (Å²) in [6.45, 7) is 8.93. The Hall–Kier alpha value is 1.97. The second-order valence-corrected chi connectivity index (χ2v) is 4.31. The van der Waals surface area contributed by atoms with E-state index in [1.54, 1.807) is 0 Å². The minimum Gasteiger partial charge on any atom is -1.00 e. The van der Waals surface area contributed by atoms with Crippen LogP contribution in [0.3, 0.4) is 0 Å². The summed E-state index contributed by atoms with van der Waals surface area (Å²) in [7, 11) is 0. The average molecular weight is 429 g/mol. The summed E-state index contributed by atoms with van der Waals surface area (Å²) in [5, 5.41) is 0. The van der Waals surface area contributed by atoms with Crippen LogP contribution < -0.4 is 34.0 Å². The standard InChI is InChI=1S/C16H28.2BrH.2Mg/c1-5-9-13-15(11-7-3)16(12-8-4)14-10-6-2;;;;/h5-12H2,1-4H3;2*1H;;/q-2;;;2*+2/p-2. The van der Waals surface area contributed by atoms with Gasteiger partial charge in [0.15, 0.2) is 0 Å². The second kappa shape index (κ2) is 25.9. The molecular formula is C16H28Br2Mg2. The van der Waals surface area contributed by atoms with E-state index in [0.29, 0.717) is 0 Å². The molecule has 0 heterocycles. The SMILES string of the molecule is CCC[C-]=C(CCC)C(=[C-]CCC)CCC.[Br-].[Br-].[Mg+2].[Mg+2]. The third-order valence-corrected chi connectivity index (χ3v) is 2.54. The summed E-state index contributed by atoms with van der Waals surface area (Å²) < 4.78 is 0.